The van der Waals surface area contributed by atoms with Crippen molar-refractivity contribution in [3.63, 3.8) is 0 Å². The number of aromatic nitrogens is 2. The Morgan fingerprint density at radius 1 is 1.00 bits per heavy atom. The van der Waals surface area contributed by atoms with Crippen molar-refractivity contribution in [3.05, 3.63) is 66.0 Å². The lowest BCUT2D eigenvalue weighted by atomic mass is 10.1. The lowest BCUT2D eigenvalue weighted by molar-refractivity contribution is 0.281. The second-order valence-corrected chi connectivity index (χ2v) is 5.90. The van der Waals surface area contributed by atoms with E-state index in [9.17, 15) is 18.3 Å². The minimum atomic E-state index is -1.34. The highest BCUT2D eigenvalue weighted by Gasteiger charge is 2.16. The van der Waals surface area contributed by atoms with E-state index >= 15 is 0 Å². The lowest BCUT2D eigenvalue weighted by Gasteiger charge is -2.15. The van der Waals surface area contributed by atoms with Gasteiger partial charge >= 0.3 is 0 Å². The highest BCUT2D eigenvalue weighted by Crippen LogP contribution is 2.27. The first-order valence-corrected chi connectivity index (χ1v) is 8.20. The first-order chi connectivity index (χ1) is 13.0. The van der Waals surface area contributed by atoms with Crippen LogP contribution in [0.15, 0.2) is 48.5 Å². The number of nitrogens with zero attached hydrogens (tertiary/aromatic N) is 2. The van der Waals surface area contributed by atoms with Crippen molar-refractivity contribution in [1.29, 1.82) is 0 Å². The molecule has 0 radical (unpaired) electrons. The SMILES string of the molecule is C[C@H](CO)Nc1nc(Nc2c(F)ccc(F)c2F)cc(-c2ccccc2)n1. The Hall–Kier alpha value is -3.13. The Bertz CT molecular complexity index is 938. The second-order valence-electron chi connectivity index (χ2n) is 5.90. The fraction of sp³-hybridized carbons (Fsp3) is 0.158. The van der Waals surface area contributed by atoms with Gasteiger partial charge in [-0.2, -0.15) is 4.98 Å². The first-order valence-electron chi connectivity index (χ1n) is 8.20. The lowest BCUT2D eigenvalue weighted by Crippen LogP contribution is -2.21. The monoisotopic (exact) mass is 374 g/mol. The van der Waals surface area contributed by atoms with Gasteiger partial charge in [0.1, 0.15) is 17.3 Å². The molecule has 3 N–H and O–H groups in total. The largest absolute Gasteiger partial charge is 0.394 e. The molecule has 0 bridgehead atoms. The molecule has 1 atom stereocenters. The molecule has 0 unspecified atom stereocenters. The van der Waals surface area contributed by atoms with E-state index in [2.05, 4.69) is 20.6 Å². The van der Waals surface area contributed by atoms with Crippen LogP contribution in [0.1, 0.15) is 6.92 Å². The summed E-state index contributed by atoms with van der Waals surface area (Å²) in [6, 6.07) is 11.8. The van der Waals surface area contributed by atoms with Gasteiger partial charge < -0.3 is 15.7 Å². The number of nitrogens with one attached hydrogen (secondary N) is 2. The van der Waals surface area contributed by atoms with Crippen molar-refractivity contribution in [2.75, 3.05) is 17.2 Å². The second kappa shape index (κ2) is 8.05. The highest BCUT2D eigenvalue weighted by atomic mass is 19.2. The van der Waals surface area contributed by atoms with Crippen LogP contribution in [0.3, 0.4) is 0 Å². The number of benzene rings is 2. The molecule has 1 heterocycles. The number of aliphatic hydroxyl groups excluding tert-OH is 1. The van der Waals surface area contributed by atoms with E-state index in [1.54, 1.807) is 6.92 Å². The van der Waals surface area contributed by atoms with Crippen molar-refractivity contribution in [3.8, 4) is 11.3 Å². The zero-order valence-electron chi connectivity index (χ0n) is 14.4. The van der Waals surface area contributed by atoms with Gasteiger partial charge in [0.15, 0.2) is 11.6 Å². The van der Waals surface area contributed by atoms with Gasteiger partial charge in [-0.15, -0.1) is 0 Å². The number of rotatable bonds is 6. The van der Waals surface area contributed by atoms with Crippen LogP contribution in [0.2, 0.25) is 0 Å². The fourth-order valence-corrected chi connectivity index (χ4v) is 2.37. The van der Waals surface area contributed by atoms with Gasteiger partial charge in [-0.3, -0.25) is 0 Å². The van der Waals surface area contributed by atoms with Gasteiger partial charge in [-0.25, -0.2) is 18.2 Å². The summed E-state index contributed by atoms with van der Waals surface area (Å²) in [6.07, 6.45) is 0. The van der Waals surface area contributed by atoms with Crippen LogP contribution >= 0.6 is 0 Å². The fourth-order valence-electron chi connectivity index (χ4n) is 2.37. The van der Waals surface area contributed by atoms with Crippen molar-refractivity contribution in [2.24, 2.45) is 0 Å². The van der Waals surface area contributed by atoms with Crippen molar-refractivity contribution in [2.45, 2.75) is 13.0 Å². The van der Waals surface area contributed by atoms with Crippen LogP contribution in [-0.2, 0) is 0 Å². The number of hydrogen-bond donors (Lipinski definition) is 3. The molecule has 140 valence electrons. The molecule has 0 saturated carbocycles. The van der Waals surface area contributed by atoms with Gasteiger partial charge in [0.2, 0.25) is 5.95 Å². The summed E-state index contributed by atoms with van der Waals surface area (Å²) < 4.78 is 41.4. The van der Waals surface area contributed by atoms with Crippen LogP contribution in [0.5, 0.6) is 0 Å². The predicted molar refractivity (Wildman–Crippen MR) is 97.2 cm³/mol. The van der Waals surface area contributed by atoms with Crippen molar-refractivity contribution < 1.29 is 18.3 Å². The van der Waals surface area contributed by atoms with E-state index in [0.29, 0.717) is 11.8 Å². The Balaban J connectivity index is 2.04. The smallest absolute Gasteiger partial charge is 0.225 e. The molecular formula is C19H17F3N4O. The van der Waals surface area contributed by atoms with Gasteiger partial charge in [-0.05, 0) is 19.1 Å². The Kier molecular flexibility index (Phi) is 5.56. The van der Waals surface area contributed by atoms with Gasteiger partial charge in [0, 0.05) is 17.7 Å². The quantitative estimate of drug-likeness (QED) is 0.567. The molecule has 0 aliphatic carbocycles. The molecule has 2 aromatic carbocycles. The maximum atomic E-state index is 14.0. The van der Waals surface area contributed by atoms with E-state index in [0.717, 1.165) is 11.6 Å². The van der Waals surface area contributed by atoms with Crippen LogP contribution in [0, 0.1) is 17.5 Å². The zero-order valence-corrected chi connectivity index (χ0v) is 14.4. The average molecular weight is 374 g/mol. The number of aliphatic hydroxyl groups is 1. The molecule has 0 aliphatic rings. The van der Waals surface area contributed by atoms with Gasteiger partial charge in [0.05, 0.1) is 12.3 Å². The first kappa shape index (κ1) is 18.7. The molecule has 27 heavy (non-hydrogen) atoms. The molecular weight excluding hydrogens is 357 g/mol. The summed E-state index contributed by atoms with van der Waals surface area (Å²) in [5.41, 5.74) is 0.592. The maximum Gasteiger partial charge on any atom is 0.225 e. The molecule has 0 fully saturated rings. The maximum absolute atomic E-state index is 14.0. The van der Waals surface area contributed by atoms with E-state index in [1.807, 2.05) is 30.3 Å². The minimum Gasteiger partial charge on any atom is -0.394 e. The summed E-state index contributed by atoms with van der Waals surface area (Å²) >= 11 is 0. The molecule has 0 spiro atoms. The molecule has 1 aromatic heterocycles. The number of anilines is 3. The summed E-state index contributed by atoms with van der Waals surface area (Å²) in [7, 11) is 0. The number of hydrogen-bond acceptors (Lipinski definition) is 5. The van der Waals surface area contributed by atoms with Gasteiger partial charge in [-0.1, -0.05) is 30.3 Å². The molecule has 5 nitrogen and oxygen atoms in total. The molecule has 8 heteroatoms. The zero-order chi connectivity index (χ0) is 19.4. The Morgan fingerprint density at radius 2 is 1.70 bits per heavy atom. The summed E-state index contributed by atoms with van der Waals surface area (Å²) in [5.74, 6) is -3.25. The average Bonchev–Trinajstić information content (AvgIpc) is 2.68. The highest BCUT2D eigenvalue weighted by molar-refractivity contribution is 5.67. The topological polar surface area (TPSA) is 70.1 Å². The third kappa shape index (κ3) is 4.35. The molecule has 3 aromatic rings. The standard InChI is InChI=1S/C19H17F3N4O/c1-11(10-27)23-19-24-15(12-5-3-2-4-6-12)9-16(26-19)25-18-14(21)8-7-13(20)17(18)22/h2-9,11,27H,10H2,1H3,(H2,23,24,25,26)/t11-/m1/s1. The van der Waals surface area contributed by atoms with E-state index in [-0.39, 0.29) is 24.4 Å². The van der Waals surface area contributed by atoms with E-state index < -0.39 is 23.1 Å². The van der Waals surface area contributed by atoms with Crippen molar-refractivity contribution in [1.82, 2.24) is 9.97 Å². The van der Waals surface area contributed by atoms with Crippen LogP contribution < -0.4 is 10.6 Å². The summed E-state index contributed by atoms with van der Waals surface area (Å²) in [5, 5.41) is 14.6. The van der Waals surface area contributed by atoms with Crippen LogP contribution in [-0.4, -0.2) is 27.7 Å². The van der Waals surface area contributed by atoms with Crippen LogP contribution in [0.4, 0.5) is 30.6 Å². The summed E-state index contributed by atoms with van der Waals surface area (Å²) in [4.78, 5) is 8.51. The van der Waals surface area contributed by atoms with E-state index in [1.165, 1.54) is 6.07 Å². The van der Waals surface area contributed by atoms with Gasteiger partial charge in [0.25, 0.3) is 0 Å². The molecule has 3 rings (SSSR count). The normalized spacial score (nSPS) is 11.9. The van der Waals surface area contributed by atoms with E-state index in [4.69, 9.17) is 0 Å². The molecule has 0 aliphatic heterocycles. The molecule has 0 saturated heterocycles. The Labute approximate surface area is 153 Å². The third-order valence-electron chi connectivity index (χ3n) is 3.74. The molecule has 0 amide bonds. The van der Waals surface area contributed by atoms with Crippen molar-refractivity contribution >= 4 is 17.5 Å². The third-order valence-corrected chi connectivity index (χ3v) is 3.74. The number of halogens is 3. The predicted octanol–water partition coefficient (Wildman–Crippen LogP) is 4.10. The van der Waals surface area contributed by atoms with Crippen LogP contribution in [0.25, 0.3) is 11.3 Å². The Morgan fingerprint density at radius 3 is 2.41 bits per heavy atom. The minimum absolute atomic E-state index is 0.0693. The summed E-state index contributed by atoms with van der Waals surface area (Å²) in [6.45, 7) is 1.56.